The number of benzene rings is 2. The highest BCUT2D eigenvalue weighted by Crippen LogP contribution is 2.35. The molecule has 0 radical (unpaired) electrons. The van der Waals surface area contributed by atoms with E-state index in [1.807, 2.05) is 0 Å². The molecule has 7 nitrogen and oxygen atoms in total. The summed E-state index contributed by atoms with van der Waals surface area (Å²) in [6.07, 6.45) is -4.45. The Labute approximate surface area is 186 Å². The lowest BCUT2D eigenvalue weighted by Crippen LogP contribution is -2.40. The van der Waals surface area contributed by atoms with Crippen molar-refractivity contribution in [3.8, 4) is 11.5 Å². The molecule has 32 heavy (non-hydrogen) atoms. The zero-order valence-electron chi connectivity index (χ0n) is 16.6. The number of sulfonamides is 1. The summed E-state index contributed by atoms with van der Waals surface area (Å²) in [5.74, 6) is 0.0681. The van der Waals surface area contributed by atoms with Crippen molar-refractivity contribution in [2.45, 2.75) is 22.0 Å². The van der Waals surface area contributed by atoms with Gasteiger partial charge in [0, 0.05) is 24.4 Å². The summed E-state index contributed by atoms with van der Waals surface area (Å²) in [4.78, 5) is 0.0865. The number of aromatic nitrogens is 2. The van der Waals surface area contributed by atoms with Crippen LogP contribution in [0.2, 0.25) is 0 Å². The molecule has 2 heterocycles. The van der Waals surface area contributed by atoms with Crippen LogP contribution in [0.5, 0.6) is 0 Å². The van der Waals surface area contributed by atoms with Gasteiger partial charge in [0.05, 0.1) is 23.7 Å². The Morgan fingerprint density at radius 3 is 2.53 bits per heavy atom. The van der Waals surface area contributed by atoms with Gasteiger partial charge in [0.25, 0.3) is 5.22 Å². The molecule has 0 saturated carbocycles. The molecule has 12 heteroatoms. The first-order valence-electron chi connectivity index (χ1n) is 9.55. The highest BCUT2D eigenvalue weighted by atomic mass is 32.2. The van der Waals surface area contributed by atoms with Crippen molar-refractivity contribution >= 4 is 21.8 Å². The van der Waals surface area contributed by atoms with Gasteiger partial charge in [-0.2, -0.15) is 17.5 Å². The monoisotopic (exact) mass is 485 g/mol. The predicted octanol–water partition coefficient (Wildman–Crippen LogP) is 4.07. The molecule has 0 spiro atoms. The molecule has 2 aromatic carbocycles. The molecule has 1 saturated heterocycles. The van der Waals surface area contributed by atoms with E-state index in [9.17, 15) is 21.6 Å². The number of alkyl halides is 3. The van der Waals surface area contributed by atoms with Gasteiger partial charge in [0.2, 0.25) is 15.9 Å². The molecule has 0 N–H and O–H groups in total. The largest absolute Gasteiger partial charge is 0.416 e. The average Bonchev–Trinajstić information content (AvgIpc) is 3.27. The van der Waals surface area contributed by atoms with E-state index in [2.05, 4.69) is 10.2 Å². The third-order valence-electron chi connectivity index (χ3n) is 4.77. The number of rotatable bonds is 6. The molecular weight excluding hydrogens is 467 g/mol. The Morgan fingerprint density at radius 1 is 1.03 bits per heavy atom. The van der Waals surface area contributed by atoms with Gasteiger partial charge in [-0.3, -0.25) is 0 Å². The van der Waals surface area contributed by atoms with Gasteiger partial charge < -0.3 is 9.15 Å². The molecule has 0 bridgehead atoms. The molecule has 1 fully saturated rings. The van der Waals surface area contributed by atoms with E-state index in [1.165, 1.54) is 34.6 Å². The van der Waals surface area contributed by atoms with Gasteiger partial charge in [0.1, 0.15) is 0 Å². The van der Waals surface area contributed by atoms with Crippen molar-refractivity contribution in [2.75, 3.05) is 26.3 Å². The summed E-state index contributed by atoms with van der Waals surface area (Å²) in [5, 5.41) is 7.87. The SMILES string of the molecule is O=S(=O)(c1cccc(-c2nnc(SCc3ccccc3C(F)(F)F)o2)c1)N1CCOCC1. The second-order valence-electron chi connectivity index (χ2n) is 6.86. The number of morpholine rings is 1. The van der Waals surface area contributed by atoms with E-state index in [0.717, 1.165) is 17.8 Å². The van der Waals surface area contributed by atoms with E-state index in [4.69, 9.17) is 9.15 Å². The van der Waals surface area contributed by atoms with E-state index in [1.54, 1.807) is 12.1 Å². The summed E-state index contributed by atoms with van der Waals surface area (Å²) in [5.41, 5.74) is -0.217. The first-order chi connectivity index (χ1) is 15.2. The number of ether oxygens (including phenoxy) is 1. The minimum absolute atomic E-state index is 0.0111. The zero-order chi connectivity index (χ0) is 22.8. The lowest BCUT2D eigenvalue weighted by Gasteiger charge is -2.26. The molecule has 4 rings (SSSR count). The van der Waals surface area contributed by atoms with Crippen LogP contribution in [-0.4, -0.2) is 49.2 Å². The predicted molar refractivity (Wildman–Crippen MR) is 110 cm³/mol. The maximum absolute atomic E-state index is 13.1. The van der Waals surface area contributed by atoms with Crippen LogP contribution in [0.25, 0.3) is 11.5 Å². The fraction of sp³-hybridized carbons (Fsp3) is 0.300. The molecule has 0 aliphatic carbocycles. The second kappa shape index (κ2) is 9.22. The summed E-state index contributed by atoms with van der Waals surface area (Å²) in [7, 11) is -3.70. The van der Waals surface area contributed by atoms with E-state index >= 15 is 0 Å². The van der Waals surface area contributed by atoms with Crippen LogP contribution < -0.4 is 0 Å². The van der Waals surface area contributed by atoms with Crippen molar-refractivity contribution in [1.82, 2.24) is 14.5 Å². The Morgan fingerprint density at radius 2 is 1.78 bits per heavy atom. The number of halogens is 3. The van der Waals surface area contributed by atoms with Crippen LogP contribution in [-0.2, 0) is 26.7 Å². The van der Waals surface area contributed by atoms with E-state index in [0.29, 0.717) is 18.8 Å². The lowest BCUT2D eigenvalue weighted by atomic mass is 10.1. The third kappa shape index (κ3) is 4.98. The van der Waals surface area contributed by atoms with Gasteiger partial charge in [0.15, 0.2) is 0 Å². The van der Waals surface area contributed by atoms with Gasteiger partial charge in [-0.15, -0.1) is 10.2 Å². The summed E-state index contributed by atoms with van der Waals surface area (Å²) in [6.45, 7) is 1.21. The van der Waals surface area contributed by atoms with Gasteiger partial charge >= 0.3 is 6.18 Å². The van der Waals surface area contributed by atoms with Gasteiger partial charge in [-0.25, -0.2) is 8.42 Å². The molecule has 0 atom stereocenters. The molecule has 0 unspecified atom stereocenters. The number of thioether (sulfide) groups is 1. The summed E-state index contributed by atoms with van der Waals surface area (Å²) in [6, 6.07) is 11.4. The molecule has 1 aliphatic rings. The van der Waals surface area contributed by atoms with Crippen LogP contribution >= 0.6 is 11.8 Å². The third-order valence-corrected chi connectivity index (χ3v) is 7.53. The minimum atomic E-state index is -4.45. The van der Waals surface area contributed by atoms with Crippen molar-refractivity contribution in [3.05, 3.63) is 59.7 Å². The standard InChI is InChI=1S/C20H18F3N3O4S2/c21-20(22,23)17-7-2-1-4-15(17)13-31-19-25-24-18(30-19)14-5-3-6-16(12-14)32(27,28)26-8-10-29-11-9-26/h1-7,12H,8-11,13H2. The number of hydrogen-bond donors (Lipinski definition) is 0. The van der Waals surface area contributed by atoms with Crippen LogP contribution in [0.4, 0.5) is 13.2 Å². The van der Waals surface area contributed by atoms with Crippen LogP contribution in [0.3, 0.4) is 0 Å². The zero-order valence-corrected chi connectivity index (χ0v) is 18.2. The quantitative estimate of drug-likeness (QED) is 0.487. The maximum Gasteiger partial charge on any atom is 0.416 e. The summed E-state index contributed by atoms with van der Waals surface area (Å²) >= 11 is 0.971. The molecule has 1 aromatic heterocycles. The van der Waals surface area contributed by atoms with Crippen molar-refractivity contribution in [2.24, 2.45) is 0 Å². The van der Waals surface area contributed by atoms with E-state index < -0.39 is 21.8 Å². The van der Waals surface area contributed by atoms with E-state index in [-0.39, 0.29) is 40.4 Å². The van der Waals surface area contributed by atoms with Gasteiger partial charge in [-0.05, 0) is 29.8 Å². The first kappa shape index (κ1) is 22.8. The van der Waals surface area contributed by atoms with Gasteiger partial charge in [-0.1, -0.05) is 36.0 Å². The highest BCUT2D eigenvalue weighted by Gasteiger charge is 2.33. The molecule has 3 aromatic rings. The Hall–Kier alpha value is -2.41. The maximum atomic E-state index is 13.1. The smallest absolute Gasteiger partial charge is 0.411 e. The Balaban J connectivity index is 1.51. The van der Waals surface area contributed by atoms with Crippen LogP contribution in [0.15, 0.2) is 63.1 Å². The second-order valence-corrected chi connectivity index (χ2v) is 9.73. The first-order valence-corrected chi connectivity index (χ1v) is 12.0. The number of hydrogen-bond acceptors (Lipinski definition) is 7. The number of nitrogens with zero attached hydrogens (tertiary/aromatic N) is 3. The Bertz CT molecular complexity index is 1190. The van der Waals surface area contributed by atoms with Crippen molar-refractivity contribution < 1.29 is 30.7 Å². The van der Waals surface area contributed by atoms with Crippen LogP contribution in [0.1, 0.15) is 11.1 Å². The molecule has 1 aliphatic heterocycles. The molecular formula is C20H18F3N3O4S2. The average molecular weight is 486 g/mol. The summed E-state index contributed by atoms with van der Waals surface area (Å²) < 4.78 is 77.3. The van der Waals surface area contributed by atoms with Crippen LogP contribution in [0, 0.1) is 0 Å². The normalized spacial score (nSPS) is 15.7. The highest BCUT2D eigenvalue weighted by molar-refractivity contribution is 7.98. The topological polar surface area (TPSA) is 85.5 Å². The minimum Gasteiger partial charge on any atom is -0.411 e. The Kier molecular flexibility index (Phi) is 6.56. The van der Waals surface area contributed by atoms with Crippen molar-refractivity contribution in [1.29, 1.82) is 0 Å². The fourth-order valence-corrected chi connectivity index (χ4v) is 5.39. The molecule has 170 valence electrons. The van der Waals surface area contributed by atoms with Crippen molar-refractivity contribution in [3.63, 3.8) is 0 Å². The fourth-order valence-electron chi connectivity index (χ4n) is 3.17. The molecule has 0 amide bonds. The lowest BCUT2D eigenvalue weighted by molar-refractivity contribution is -0.138.